The Bertz CT molecular complexity index is 366. The van der Waals surface area contributed by atoms with Crippen molar-refractivity contribution >= 4 is 18.2 Å². The molecule has 5 heteroatoms. The maximum atomic E-state index is 11.9. The van der Waals surface area contributed by atoms with Crippen molar-refractivity contribution in [3.63, 3.8) is 0 Å². The van der Waals surface area contributed by atoms with Crippen LogP contribution in [0.2, 0.25) is 0 Å². The maximum Gasteiger partial charge on any atom is 0.317 e. The van der Waals surface area contributed by atoms with Crippen molar-refractivity contribution in [2.24, 2.45) is 16.7 Å². The lowest BCUT2D eigenvalue weighted by Gasteiger charge is -2.35. The van der Waals surface area contributed by atoms with Crippen molar-refractivity contribution in [1.82, 2.24) is 0 Å². The van der Waals surface area contributed by atoms with Crippen LogP contribution in [0, 0.1) is 16.7 Å². The van der Waals surface area contributed by atoms with Crippen LogP contribution in [-0.4, -0.2) is 29.4 Å². The van der Waals surface area contributed by atoms with Gasteiger partial charge in [-0.3, -0.25) is 9.59 Å². The molecule has 1 rings (SSSR count). The van der Waals surface area contributed by atoms with Gasteiger partial charge in [0.05, 0.1) is 11.5 Å². The number of hydrogen-bond donors (Lipinski definition) is 1. The normalized spacial score (nSPS) is 19.2. The fourth-order valence-corrected chi connectivity index (χ4v) is 2.38. The third-order valence-corrected chi connectivity index (χ3v) is 3.91. The van der Waals surface area contributed by atoms with E-state index in [0.29, 0.717) is 19.1 Å². The Morgan fingerprint density at radius 3 is 2.11 bits per heavy atom. The lowest BCUT2D eigenvalue weighted by Crippen LogP contribution is -2.44. The van der Waals surface area contributed by atoms with E-state index >= 15 is 0 Å². The molecule has 1 saturated carbocycles. The zero-order valence-corrected chi connectivity index (χ0v) is 11.2. The van der Waals surface area contributed by atoms with Crippen LogP contribution in [-0.2, 0) is 19.1 Å². The van der Waals surface area contributed by atoms with Gasteiger partial charge in [-0.25, -0.2) is 0 Å². The van der Waals surface area contributed by atoms with Crippen molar-refractivity contribution in [2.75, 3.05) is 0 Å². The molecule has 0 spiro atoms. The fourth-order valence-electron chi connectivity index (χ4n) is 2.38. The van der Waals surface area contributed by atoms with Gasteiger partial charge in [-0.1, -0.05) is 13.8 Å². The number of carbonyl (C=O) groups is 3. The molecule has 1 atom stereocenters. The van der Waals surface area contributed by atoms with Crippen molar-refractivity contribution < 1.29 is 24.2 Å². The third-order valence-electron chi connectivity index (χ3n) is 3.91. The van der Waals surface area contributed by atoms with Crippen LogP contribution in [0.4, 0.5) is 0 Å². The van der Waals surface area contributed by atoms with E-state index in [1.165, 1.54) is 0 Å². The number of carboxylic acid groups (broad SMARTS) is 1. The highest BCUT2D eigenvalue weighted by Gasteiger charge is 2.64. The summed E-state index contributed by atoms with van der Waals surface area (Å²) in [5.41, 5.74) is -1.92. The lowest BCUT2D eigenvalue weighted by atomic mass is 9.67. The summed E-state index contributed by atoms with van der Waals surface area (Å²) in [5, 5.41) is 9.28. The molecule has 0 aromatic heterocycles. The van der Waals surface area contributed by atoms with E-state index in [-0.39, 0.29) is 6.10 Å². The van der Waals surface area contributed by atoms with Crippen LogP contribution >= 0.6 is 0 Å². The minimum Gasteiger partial charge on any atom is -0.481 e. The topological polar surface area (TPSA) is 80.7 Å². The van der Waals surface area contributed by atoms with E-state index in [2.05, 4.69) is 0 Å². The van der Waals surface area contributed by atoms with Gasteiger partial charge in [0.15, 0.2) is 0 Å². The molecular formula is C13H20O5. The Morgan fingerprint density at radius 2 is 1.83 bits per heavy atom. The Kier molecular flexibility index (Phi) is 3.84. The van der Waals surface area contributed by atoms with Gasteiger partial charge in [-0.2, -0.15) is 0 Å². The zero-order chi connectivity index (χ0) is 14.1. The minimum absolute atomic E-state index is 0.323. The molecule has 0 aromatic rings. The monoisotopic (exact) mass is 256 g/mol. The van der Waals surface area contributed by atoms with Crippen molar-refractivity contribution in [2.45, 2.75) is 46.6 Å². The number of rotatable bonds is 6. The highest BCUT2D eigenvalue weighted by Crippen LogP contribution is 2.61. The molecule has 1 aliphatic carbocycles. The van der Waals surface area contributed by atoms with E-state index in [9.17, 15) is 19.5 Å². The summed E-state index contributed by atoms with van der Waals surface area (Å²) in [6, 6.07) is 0. The predicted octanol–water partition coefficient (Wildman–Crippen LogP) is 1.64. The number of ether oxygens (including phenoxy) is 1. The summed E-state index contributed by atoms with van der Waals surface area (Å²) < 4.78 is 5.03. The SMILES string of the molecule is CC(C)OC(=O)C(C=O)C(C)(C)C1(C(=O)O)CC1. The largest absolute Gasteiger partial charge is 0.481 e. The molecule has 1 unspecified atom stereocenters. The number of hydrogen-bond acceptors (Lipinski definition) is 4. The lowest BCUT2D eigenvalue weighted by molar-refractivity contribution is -0.163. The average Bonchev–Trinajstić information content (AvgIpc) is 2.96. The van der Waals surface area contributed by atoms with E-state index in [1.54, 1.807) is 27.7 Å². The van der Waals surface area contributed by atoms with Gasteiger partial charge in [-0.05, 0) is 26.7 Å². The molecule has 0 heterocycles. The number of carbonyl (C=O) groups excluding carboxylic acids is 2. The van der Waals surface area contributed by atoms with Gasteiger partial charge in [0, 0.05) is 5.41 Å². The molecule has 5 nitrogen and oxygen atoms in total. The molecule has 1 N–H and O–H groups in total. The summed E-state index contributed by atoms with van der Waals surface area (Å²) in [4.78, 5) is 34.4. The highest BCUT2D eigenvalue weighted by atomic mass is 16.5. The second kappa shape index (κ2) is 4.71. The highest BCUT2D eigenvalue weighted by molar-refractivity contribution is 5.91. The van der Waals surface area contributed by atoms with E-state index in [0.717, 1.165) is 0 Å². The van der Waals surface area contributed by atoms with Crippen LogP contribution in [0.5, 0.6) is 0 Å². The Labute approximate surface area is 107 Å². The Balaban J connectivity index is 2.97. The number of esters is 1. The summed E-state index contributed by atoms with van der Waals surface area (Å²) in [5.74, 6) is -2.63. The quantitative estimate of drug-likeness (QED) is 0.444. The molecule has 0 amide bonds. The van der Waals surface area contributed by atoms with Gasteiger partial charge in [0.2, 0.25) is 0 Å². The van der Waals surface area contributed by atoms with Gasteiger partial charge in [0.25, 0.3) is 0 Å². The maximum absolute atomic E-state index is 11.9. The molecular weight excluding hydrogens is 236 g/mol. The first kappa shape index (κ1) is 14.7. The molecule has 102 valence electrons. The fraction of sp³-hybridized carbons (Fsp3) is 0.769. The second-order valence-electron chi connectivity index (χ2n) is 5.71. The van der Waals surface area contributed by atoms with Crippen LogP contribution in [0.25, 0.3) is 0 Å². The first-order valence-electron chi connectivity index (χ1n) is 6.08. The second-order valence-corrected chi connectivity index (χ2v) is 5.71. The van der Waals surface area contributed by atoms with Gasteiger partial charge in [0.1, 0.15) is 12.2 Å². The molecule has 18 heavy (non-hydrogen) atoms. The van der Waals surface area contributed by atoms with Crippen molar-refractivity contribution in [3.8, 4) is 0 Å². The predicted molar refractivity (Wildman–Crippen MR) is 63.9 cm³/mol. The van der Waals surface area contributed by atoms with E-state index < -0.39 is 28.7 Å². The van der Waals surface area contributed by atoms with Gasteiger partial charge >= 0.3 is 11.9 Å². The molecule has 1 fully saturated rings. The summed E-state index contributed by atoms with van der Waals surface area (Å²) in [6.07, 6.45) is 1.17. The average molecular weight is 256 g/mol. The first-order valence-corrected chi connectivity index (χ1v) is 6.08. The van der Waals surface area contributed by atoms with Crippen molar-refractivity contribution in [1.29, 1.82) is 0 Å². The number of aliphatic carboxylic acids is 1. The third kappa shape index (κ3) is 2.26. The van der Waals surface area contributed by atoms with Crippen molar-refractivity contribution in [3.05, 3.63) is 0 Å². The summed E-state index contributed by atoms with van der Waals surface area (Å²) in [6.45, 7) is 6.68. The minimum atomic E-state index is -1.04. The Morgan fingerprint density at radius 1 is 1.33 bits per heavy atom. The number of aldehydes is 1. The smallest absolute Gasteiger partial charge is 0.317 e. The van der Waals surface area contributed by atoms with Gasteiger partial charge in [-0.15, -0.1) is 0 Å². The standard InChI is InChI=1S/C13H20O5/c1-8(2)18-10(15)9(7-14)12(3,4)13(5-6-13)11(16)17/h7-9H,5-6H2,1-4H3,(H,16,17). The summed E-state index contributed by atoms with van der Waals surface area (Å²) >= 11 is 0. The van der Waals surface area contributed by atoms with E-state index in [1.807, 2.05) is 0 Å². The van der Waals surface area contributed by atoms with Crippen LogP contribution in [0.3, 0.4) is 0 Å². The summed E-state index contributed by atoms with van der Waals surface area (Å²) in [7, 11) is 0. The van der Waals surface area contributed by atoms with Gasteiger partial charge < -0.3 is 14.6 Å². The molecule has 0 aromatic carbocycles. The molecule has 0 aliphatic heterocycles. The molecule has 0 bridgehead atoms. The first-order chi connectivity index (χ1) is 8.19. The zero-order valence-electron chi connectivity index (χ0n) is 11.2. The molecule has 0 saturated heterocycles. The Hall–Kier alpha value is -1.39. The van der Waals surface area contributed by atoms with Crippen LogP contribution in [0.15, 0.2) is 0 Å². The molecule has 0 radical (unpaired) electrons. The number of carboxylic acids is 1. The van der Waals surface area contributed by atoms with Crippen LogP contribution in [0.1, 0.15) is 40.5 Å². The van der Waals surface area contributed by atoms with E-state index in [4.69, 9.17) is 4.74 Å². The molecule has 1 aliphatic rings. The van der Waals surface area contributed by atoms with Crippen LogP contribution < -0.4 is 0 Å².